The molecule has 2 aliphatic heterocycles. The van der Waals surface area contributed by atoms with Crippen molar-refractivity contribution >= 4 is 34.3 Å². The topological polar surface area (TPSA) is 176 Å². The number of pyridine rings is 1. The molecular weight excluding hydrogens is 542 g/mol. The van der Waals surface area contributed by atoms with Crippen molar-refractivity contribution in [2.24, 2.45) is 0 Å². The first-order valence-corrected chi connectivity index (χ1v) is 13.8. The lowest BCUT2D eigenvalue weighted by molar-refractivity contribution is -0.141. The van der Waals surface area contributed by atoms with Gasteiger partial charge >= 0.3 is 0 Å². The molecule has 216 valence electrons. The van der Waals surface area contributed by atoms with Crippen molar-refractivity contribution in [3.63, 3.8) is 0 Å². The number of hydrogen-bond acceptors (Lipinski definition) is 11. The number of amides is 1. The predicted molar refractivity (Wildman–Crippen MR) is 151 cm³/mol. The molecule has 0 radical (unpaired) electrons. The number of nitrogens with one attached hydrogen (secondary N) is 2. The molecule has 4 N–H and O–H groups in total. The molecule has 2 fully saturated rings. The molecule has 0 unspecified atom stereocenters. The van der Waals surface area contributed by atoms with Crippen LogP contribution in [0.3, 0.4) is 0 Å². The maximum Gasteiger partial charge on any atom is 0.211 e. The molecule has 1 amide bonds. The van der Waals surface area contributed by atoms with Crippen molar-refractivity contribution < 1.29 is 24.5 Å². The van der Waals surface area contributed by atoms with Crippen molar-refractivity contribution in [1.82, 2.24) is 39.6 Å². The average molecular weight is 572 g/mol. The highest BCUT2D eigenvalue weighted by molar-refractivity contribution is 5.88. The zero-order valence-corrected chi connectivity index (χ0v) is 22.7. The van der Waals surface area contributed by atoms with Gasteiger partial charge in [0.15, 0.2) is 35.3 Å². The molecule has 5 aromatic rings. The molecular formula is C28H29N9O5. The number of nitrogens with zero attached hydrogens (tertiary/aromatic N) is 7. The number of fused-ring (bicyclic) bond motifs is 2. The Balaban J connectivity index is 1.34. The molecule has 2 aliphatic rings. The van der Waals surface area contributed by atoms with Gasteiger partial charge in [-0.05, 0) is 25.5 Å². The fourth-order valence-electron chi connectivity index (χ4n) is 5.48. The van der Waals surface area contributed by atoms with Crippen molar-refractivity contribution in [3.05, 3.63) is 48.9 Å². The largest absolute Gasteiger partial charge is 0.385 e. The average Bonchev–Trinajstić information content (AvgIpc) is 3.83. The third-order valence-corrected chi connectivity index (χ3v) is 7.74. The fraction of sp³-hybridized carbons (Fsp3) is 0.357. The van der Waals surface area contributed by atoms with Gasteiger partial charge in [0, 0.05) is 24.1 Å². The maximum atomic E-state index is 11.6. The zero-order chi connectivity index (χ0) is 28.8. The van der Waals surface area contributed by atoms with E-state index in [0.717, 1.165) is 17.3 Å². The van der Waals surface area contributed by atoms with Crippen LogP contribution in [0, 0.1) is 0 Å². The number of benzene rings is 1. The Morgan fingerprint density at radius 1 is 1.17 bits per heavy atom. The number of aliphatic hydroxyl groups excluding tert-OH is 2. The van der Waals surface area contributed by atoms with E-state index in [9.17, 15) is 15.0 Å². The summed E-state index contributed by atoms with van der Waals surface area (Å²) in [5, 5.41) is 33.4. The van der Waals surface area contributed by atoms with Crippen LogP contribution in [0.2, 0.25) is 0 Å². The number of para-hydroxylation sites is 1. The highest BCUT2D eigenvalue weighted by Gasteiger charge is 2.46. The van der Waals surface area contributed by atoms with Crippen LogP contribution in [0.5, 0.6) is 0 Å². The molecule has 0 spiro atoms. The molecule has 1 aromatic carbocycles. The Kier molecular flexibility index (Phi) is 6.74. The lowest BCUT2D eigenvalue weighted by Crippen LogP contribution is -2.43. The number of H-pyrrole nitrogens is 1. The molecule has 6 heterocycles. The molecule has 0 aliphatic carbocycles. The van der Waals surface area contributed by atoms with Crippen LogP contribution in [0.25, 0.3) is 44.8 Å². The summed E-state index contributed by atoms with van der Waals surface area (Å²) in [5.41, 5.74) is 3.60. The highest BCUT2D eigenvalue weighted by Crippen LogP contribution is 2.36. The third kappa shape index (κ3) is 4.44. The summed E-state index contributed by atoms with van der Waals surface area (Å²) < 4.78 is 13.1. The summed E-state index contributed by atoms with van der Waals surface area (Å²) in [6.07, 6.45) is -0.210. The van der Waals surface area contributed by atoms with Gasteiger partial charge in [-0.25, -0.2) is 19.9 Å². The Morgan fingerprint density at radius 3 is 2.86 bits per heavy atom. The summed E-state index contributed by atoms with van der Waals surface area (Å²) >= 11 is 0. The summed E-state index contributed by atoms with van der Waals surface area (Å²) in [5.74, 6) is 0.796. The van der Waals surface area contributed by atoms with Crippen LogP contribution in [0.4, 0.5) is 5.82 Å². The smallest absolute Gasteiger partial charge is 0.211 e. The number of aromatic amines is 1. The number of rotatable bonds is 8. The third-order valence-electron chi connectivity index (χ3n) is 7.74. The number of likely N-dealkylation sites (N-methyl/N-ethyl adjacent to an activating group) is 1. The fourth-order valence-corrected chi connectivity index (χ4v) is 5.48. The van der Waals surface area contributed by atoms with E-state index in [1.165, 1.54) is 11.2 Å². The number of aromatic nitrogens is 7. The Labute approximate surface area is 239 Å². The van der Waals surface area contributed by atoms with Crippen molar-refractivity contribution in [2.75, 3.05) is 25.1 Å². The molecule has 14 nitrogen and oxygen atoms in total. The quantitative estimate of drug-likeness (QED) is 0.199. The van der Waals surface area contributed by atoms with Crippen LogP contribution < -0.4 is 5.32 Å². The lowest BCUT2D eigenvalue weighted by Gasteiger charge is -2.25. The Bertz CT molecular complexity index is 1750. The summed E-state index contributed by atoms with van der Waals surface area (Å²) in [7, 11) is 0. The van der Waals surface area contributed by atoms with Gasteiger partial charge < -0.3 is 29.9 Å². The minimum atomic E-state index is -1.34. The first-order chi connectivity index (χ1) is 20.6. The van der Waals surface area contributed by atoms with Gasteiger partial charge in [0.2, 0.25) is 6.41 Å². The second kappa shape index (κ2) is 10.7. The van der Waals surface area contributed by atoms with E-state index >= 15 is 0 Å². The van der Waals surface area contributed by atoms with E-state index in [2.05, 4.69) is 20.5 Å². The van der Waals surface area contributed by atoms with E-state index < -0.39 is 24.7 Å². The van der Waals surface area contributed by atoms with E-state index in [1.54, 1.807) is 17.7 Å². The lowest BCUT2D eigenvalue weighted by atomic mass is 10.1. The van der Waals surface area contributed by atoms with Crippen LogP contribution in [-0.2, 0) is 14.3 Å². The SMILES string of the molecule is CCN(C=O)[C@H]1O[C@@H](n2cnc3c(N[C@@H]4CCOC4)nc(-c4[nH]ncc4-c4ccc5ccccc5n4)nc32)[C@@H](O)[C@H]1O. The van der Waals surface area contributed by atoms with Crippen LogP contribution in [0.1, 0.15) is 19.6 Å². The van der Waals surface area contributed by atoms with Crippen LogP contribution in [0.15, 0.2) is 48.9 Å². The number of aliphatic hydroxyl groups is 2. The molecule has 42 heavy (non-hydrogen) atoms. The minimum absolute atomic E-state index is 0.0229. The molecule has 4 aromatic heterocycles. The summed E-state index contributed by atoms with van der Waals surface area (Å²) in [6.45, 7) is 3.21. The number of carbonyl (C=O) groups is 1. The van der Waals surface area contributed by atoms with Gasteiger partial charge in [-0.15, -0.1) is 0 Å². The van der Waals surface area contributed by atoms with Gasteiger partial charge in [0.25, 0.3) is 0 Å². The second-order valence-corrected chi connectivity index (χ2v) is 10.3. The standard InChI is InChI=1S/C28H29N9O5/c1-2-36(14-38)27-22(39)23(40)28(42-27)37-13-29-21-25(31-16-9-10-41-12-16)33-24(34-26(21)37)20-17(11-30-35-20)19-8-7-15-5-3-4-6-18(15)32-19/h3-8,11,13-14,16,22-23,27-28,39-40H,2,9-10,12H2,1H3,(H,30,35)(H,31,33,34)/t16-,22-,23+,27+,28-/m1/s1. The van der Waals surface area contributed by atoms with Gasteiger partial charge in [0.05, 0.1) is 36.4 Å². The molecule has 5 atom stereocenters. The molecule has 14 heteroatoms. The second-order valence-electron chi connectivity index (χ2n) is 10.3. The minimum Gasteiger partial charge on any atom is -0.385 e. The van der Waals surface area contributed by atoms with Crippen LogP contribution >= 0.6 is 0 Å². The molecule has 2 saturated heterocycles. The number of ether oxygens (including phenoxy) is 2. The van der Waals surface area contributed by atoms with Gasteiger partial charge in [-0.1, -0.05) is 24.3 Å². The number of imidazole rings is 1. The summed E-state index contributed by atoms with van der Waals surface area (Å²) in [6, 6.07) is 11.8. The van der Waals surface area contributed by atoms with E-state index in [1.807, 2.05) is 36.4 Å². The first-order valence-electron chi connectivity index (χ1n) is 13.8. The Morgan fingerprint density at radius 2 is 2.05 bits per heavy atom. The van der Waals surface area contributed by atoms with Gasteiger partial charge in [0.1, 0.15) is 17.9 Å². The molecule has 0 bridgehead atoms. The normalized spacial score (nSPS) is 24.0. The van der Waals surface area contributed by atoms with Gasteiger partial charge in [-0.2, -0.15) is 5.10 Å². The maximum absolute atomic E-state index is 11.6. The zero-order valence-electron chi connectivity index (χ0n) is 22.7. The van der Waals surface area contributed by atoms with E-state index in [0.29, 0.717) is 65.9 Å². The number of hydrogen-bond donors (Lipinski definition) is 4. The predicted octanol–water partition coefficient (Wildman–Crippen LogP) is 1.69. The van der Waals surface area contributed by atoms with Crippen molar-refractivity contribution in [2.45, 2.75) is 44.1 Å². The van der Waals surface area contributed by atoms with E-state index in [4.69, 9.17) is 24.4 Å². The Hall–Kier alpha value is -4.50. The van der Waals surface area contributed by atoms with Crippen molar-refractivity contribution in [1.29, 1.82) is 0 Å². The van der Waals surface area contributed by atoms with Crippen LogP contribution in [-0.4, -0.2) is 100 Å². The highest BCUT2D eigenvalue weighted by atomic mass is 16.6. The van der Waals surface area contributed by atoms with E-state index in [-0.39, 0.29) is 6.04 Å². The van der Waals surface area contributed by atoms with Crippen molar-refractivity contribution in [3.8, 4) is 22.8 Å². The molecule has 0 saturated carbocycles. The number of anilines is 1. The van der Waals surface area contributed by atoms with Gasteiger partial charge in [-0.3, -0.25) is 14.5 Å². The molecule has 7 rings (SSSR count). The monoisotopic (exact) mass is 571 g/mol. The first kappa shape index (κ1) is 26.4. The number of carbonyl (C=O) groups excluding carboxylic acids is 1. The summed E-state index contributed by atoms with van der Waals surface area (Å²) in [4.78, 5) is 31.9.